The largest absolute Gasteiger partial charge is 0.342 e. The minimum Gasteiger partial charge on any atom is -0.342 e. The molecule has 0 bridgehead atoms. The van der Waals surface area contributed by atoms with Crippen LogP contribution in [0.4, 0.5) is 0 Å². The Morgan fingerprint density at radius 1 is 1.35 bits per heavy atom. The van der Waals surface area contributed by atoms with Gasteiger partial charge in [0.1, 0.15) is 0 Å². The Morgan fingerprint density at radius 3 is 2.60 bits per heavy atom. The maximum Gasteiger partial charge on any atom is 0.222 e. The SMILES string of the molecule is Cc1ccc(CCC(=O)N2CCC(N)C(C)C2)cc1.Cl. The van der Waals surface area contributed by atoms with Gasteiger partial charge in [0, 0.05) is 25.6 Å². The molecule has 1 aliphatic rings. The summed E-state index contributed by atoms with van der Waals surface area (Å²) in [6.07, 6.45) is 2.36. The van der Waals surface area contributed by atoms with Gasteiger partial charge in [-0.3, -0.25) is 4.79 Å². The summed E-state index contributed by atoms with van der Waals surface area (Å²) in [5.74, 6) is 0.677. The first-order valence-electron chi connectivity index (χ1n) is 7.15. The molecule has 1 heterocycles. The van der Waals surface area contributed by atoms with E-state index in [1.165, 1.54) is 11.1 Å². The molecule has 1 saturated heterocycles. The van der Waals surface area contributed by atoms with E-state index in [2.05, 4.69) is 38.1 Å². The van der Waals surface area contributed by atoms with Crippen molar-refractivity contribution in [1.82, 2.24) is 4.90 Å². The third-order valence-corrected chi connectivity index (χ3v) is 4.07. The van der Waals surface area contributed by atoms with E-state index in [-0.39, 0.29) is 24.4 Å². The summed E-state index contributed by atoms with van der Waals surface area (Å²) < 4.78 is 0. The van der Waals surface area contributed by atoms with Crippen molar-refractivity contribution >= 4 is 18.3 Å². The molecule has 112 valence electrons. The second kappa shape index (κ2) is 7.65. The van der Waals surface area contributed by atoms with Crippen molar-refractivity contribution in [2.24, 2.45) is 11.7 Å². The monoisotopic (exact) mass is 296 g/mol. The van der Waals surface area contributed by atoms with Crippen molar-refractivity contribution in [3.8, 4) is 0 Å². The Balaban J connectivity index is 0.00000200. The molecule has 4 heteroatoms. The molecule has 1 aromatic rings. The second-order valence-corrected chi connectivity index (χ2v) is 5.76. The smallest absolute Gasteiger partial charge is 0.222 e. The van der Waals surface area contributed by atoms with Crippen LogP contribution in [0.2, 0.25) is 0 Å². The quantitative estimate of drug-likeness (QED) is 0.932. The molecule has 0 aliphatic carbocycles. The van der Waals surface area contributed by atoms with Gasteiger partial charge in [-0.15, -0.1) is 12.4 Å². The zero-order valence-corrected chi connectivity index (χ0v) is 13.2. The van der Waals surface area contributed by atoms with Crippen LogP contribution in [-0.4, -0.2) is 29.9 Å². The Kier molecular flexibility index (Phi) is 6.50. The van der Waals surface area contributed by atoms with Crippen LogP contribution in [0.15, 0.2) is 24.3 Å². The molecule has 1 aromatic carbocycles. The molecule has 3 nitrogen and oxygen atoms in total. The number of halogens is 1. The lowest BCUT2D eigenvalue weighted by Gasteiger charge is -2.35. The number of carbonyl (C=O) groups is 1. The summed E-state index contributed by atoms with van der Waals surface area (Å²) in [5.41, 5.74) is 8.48. The van der Waals surface area contributed by atoms with Gasteiger partial charge < -0.3 is 10.6 Å². The van der Waals surface area contributed by atoms with E-state index in [9.17, 15) is 4.79 Å². The topological polar surface area (TPSA) is 46.3 Å². The lowest BCUT2D eigenvalue weighted by atomic mass is 9.94. The van der Waals surface area contributed by atoms with Crippen molar-refractivity contribution in [1.29, 1.82) is 0 Å². The fraction of sp³-hybridized carbons (Fsp3) is 0.562. The molecular formula is C16H25ClN2O. The number of hydrogen-bond acceptors (Lipinski definition) is 2. The van der Waals surface area contributed by atoms with Crippen molar-refractivity contribution in [2.75, 3.05) is 13.1 Å². The first kappa shape index (κ1) is 17.0. The van der Waals surface area contributed by atoms with E-state index >= 15 is 0 Å². The number of nitrogens with zero attached hydrogens (tertiary/aromatic N) is 1. The van der Waals surface area contributed by atoms with Crippen LogP contribution in [0.25, 0.3) is 0 Å². The third-order valence-electron chi connectivity index (χ3n) is 4.07. The van der Waals surface area contributed by atoms with Gasteiger partial charge >= 0.3 is 0 Å². The van der Waals surface area contributed by atoms with Crippen LogP contribution >= 0.6 is 12.4 Å². The molecule has 20 heavy (non-hydrogen) atoms. The zero-order valence-electron chi connectivity index (χ0n) is 12.3. The highest BCUT2D eigenvalue weighted by Gasteiger charge is 2.25. The van der Waals surface area contributed by atoms with Crippen LogP contribution in [0.5, 0.6) is 0 Å². The van der Waals surface area contributed by atoms with Gasteiger partial charge in [-0.25, -0.2) is 0 Å². The summed E-state index contributed by atoms with van der Waals surface area (Å²) in [6.45, 7) is 5.84. The normalized spacial score (nSPS) is 22.2. The van der Waals surface area contributed by atoms with E-state index in [0.29, 0.717) is 12.3 Å². The van der Waals surface area contributed by atoms with Crippen LogP contribution in [0, 0.1) is 12.8 Å². The number of carbonyl (C=O) groups excluding carboxylic acids is 1. The highest BCUT2D eigenvalue weighted by atomic mass is 35.5. The third kappa shape index (κ3) is 4.50. The molecule has 0 spiro atoms. The fourth-order valence-corrected chi connectivity index (χ4v) is 2.55. The van der Waals surface area contributed by atoms with Gasteiger partial charge in [-0.05, 0) is 31.2 Å². The maximum absolute atomic E-state index is 12.2. The number of piperidine rings is 1. The average Bonchev–Trinajstić information content (AvgIpc) is 2.41. The van der Waals surface area contributed by atoms with Gasteiger partial charge in [0.25, 0.3) is 0 Å². The molecule has 1 fully saturated rings. The van der Waals surface area contributed by atoms with Crippen LogP contribution in [0.3, 0.4) is 0 Å². The standard InChI is InChI=1S/C16H24N2O.ClH/c1-12-3-5-14(6-4-12)7-8-16(19)18-10-9-15(17)13(2)11-18;/h3-6,13,15H,7-11,17H2,1-2H3;1H. The van der Waals surface area contributed by atoms with Crippen molar-refractivity contribution in [3.63, 3.8) is 0 Å². The van der Waals surface area contributed by atoms with E-state index < -0.39 is 0 Å². The fourth-order valence-electron chi connectivity index (χ4n) is 2.55. The summed E-state index contributed by atoms with van der Waals surface area (Å²) in [7, 11) is 0. The van der Waals surface area contributed by atoms with E-state index in [1.54, 1.807) is 0 Å². The highest BCUT2D eigenvalue weighted by molar-refractivity contribution is 5.85. The molecule has 0 aromatic heterocycles. The molecule has 2 atom stereocenters. The first-order valence-corrected chi connectivity index (χ1v) is 7.15. The van der Waals surface area contributed by atoms with Crippen molar-refractivity contribution in [2.45, 2.75) is 39.2 Å². The number of hydrogen-bond donors (Lipinski definition) is 1. The molecule has 2 N–H and O–H groups in total. The molecule has 2 rings (SSSR count). The number of nitrogens with two attached hydrogens (primary N) is 1. The Morgan fingerprint density at radius 2 is 2.00 bits per heavy atom. The summed E-state index contributed by atoms with van der Waals surface area (Å²) in [4.78, 5) is 14.2. The molecule has 1 amide bonds. The summed E-state index contributed by atoms with van der Waals surface area (Å²) in [5, 5.41) is 0. The Labute approximate surface area is 127 Å². The number of benzene rings is 1. The predicted octanol–water partition coefficient (Wildman–Crippen LogP) is 2.55. The lowest BCUT2D eigenvalue weighted by Crippen LogP contribution is -2.48. The van der Waals surface area contributed by atoms with E-state index in [0.717, 1.165) is 25.9 Å². The van der Waals surface area contributed by atoms with E-state index in [1.807, 2.05) is 4.90 Å². The number of amides is 1. The van der Waals surface area contributed by atoms with Crippen LogP contribution < -0.4 is 5.73 Å². The molecule has 2 unspecified atom stereocenters. The lowest BCUT2D eigenvalue weighted by molar-refractivity contribution is -0.133. The van der Waals surface area contributed by atoms with Gasteiger partial charge in [0.15, 0.2) is 0 Å². The van der Waals surface area contributed by atoms with Gasteiger partial charge in [-0.2, -0.15) is 0 Å². The summed E-state index contributed by atoms with van der Waals surface area (Å²) >= 11 is 0. The minimum atomic E-state index is 0. The summed E-state index contributed by atoms with van der Waals surface area (Å²) in [6, 6.07) is 8.67. The zero-order chi connectivity index (χ0) is 13.8. The van der Waals surface area contributed by atoms with Crippen molar-refractivity contribution < 1.29 is 4.79 Å². The predicted molar refractivity (Wildman–Crippen MR) is 85.1 cm³/mol. The Bertz CT molecular complexity index is 433. The Hall–Kier alpha value is -1.06. The van der Waals surface area contributed by atoms with Gasteiger partial charge in [0.05, 0.1) is 0 Å². The van der Waals surface area contributed by atoms with Gasteiger partial charge in [-0.1, -0.05) is 36.8 Å². The van der Waals surface area contributed by atoms with E-state index in [4.69, 9.17) is 5.73 Å². The molecular weight excluding hydrogens is 272 g/mol. The first-order chi connectivity index (χ1) is 9.06. The number of likely N-dealkylation sites (tertiary alicyclic amines) is 1. The van der Waals surface area contributed by atoms with Crippen LogP contribution in [-0.2, 0) is 11.2 Å². The molecule has 0 radical (unpaired) electrons. The minimum absolute atomic E-state index is 0. The average molecular weight is 297 g/mol. The maximum atomic E-state index is 12.2. The van der Waals surface area contributed by atoms with Crippen molar-refractivity contribution in [3.05, 3.63) is 35.4 Å². The molecule has 0 saturated carbocycles. The number of aryl methyl sites for hydroxylation is 2. The number of rotatable bonds is 3. The van der Waals surface area contributed by atoms with Crippen LogP contribution in [0.1, 0.15) is 30.9 Å². The second-order valence-electron chi connectivity index (χ2n) is 5.76. The van der Waals surface area contributed by atoms with Gasteiger partial charge in [0.2, 0.25) is 5.91 Å². The molecule has 1 aliphatic heterocycles. The highest BCUT2D eigenvalue weighted by Crippen LogP contribution is 2.16.